The van der Waals surface area contributed by atoms with E-state index in [2.05, 4.69) is 4.72 Å². The first-order valence-corrected chi connectivity index (χ1v) is 8.23. The maximum Gasteiger partial charge on any atom is 0.254 e. The number of nitrogens with one attached hydrogen (secondary N) is 1. The Morgan fingerprint density at radius 2 is 2.15 bits per heavy atom. The topological polar surface area (TPSA) is 86.7 Å². The molecule has 2 N–H and O–H groups in total. The lowest BCUT2D eigenvalue weighted by atomic mass is 10.2. The van der Waals surface area contributed by atoms with Crippen LogP contribution in [0.4, 0.5) is 0 Å². The Kier molecular flexibility index (Phi) is 4.33. The number of aliphatic hydroxyl groups is 1. The van der Waals surface area contributed by atoms with Gasteiger partial charge in [0.1, 0.15) is 0 Å². The minimum absolute atomic E-state index is 0.0819. The van der Waals surface area contributed by atoms with Gasteiger partial charge in [-0.25, -0.2) is 13.1 Å². The second kappa shape index (κ2) is 5.69. The summed E-state index contributed by atoms with van der Waals surface area (Å²) in [6, 6.07) is 5.79. The van der Waals surface area contributed by atoms with E-state index < -0.39 is 22.2 Å². The van der Waals surface area contributed by atoms with Gasteiger partial charge in [-0.1, -0.05) is 17.7 Å². The third-order valence-electron chi connectivity index (χ3n) is 3.01. The van der Waals surface area contributed by atoms with Crippen molar-refractivity contribution in [2.24, 2.45) is 0 Å². The molecule has 0 bridgehead atoms. The summed E-state index contributed by atoms with van der Waals surface area (Å²) >= 11 is 5.83. The van der Waals surface area contributed by atoms with E-state index in [0.29, 0.717) is 10.6 Å². The summed E-state index contributed by atoms with van der Waals surface area (Å²) in [6.45, 7) is 0.206. The maximum atomic E-state index is 12.2. The monoisotopic (exact) mass is 318 g/mol. The van der Waals surface area contributed by atoms with Crippen LogP contribution in [-0.2, 0) is 10.0 Å². The van der Waals surface area contributed by atoms with E-state index in [-0.39, 0.29) is 19.0 Å². The van der Waals surface area contributed by atoms with Gasteiger partial charge in [0.2, 0.25) is 10.0 Å². The highest BCUT2D eigenvalue weighted by molar-refractivity contribution is 7.88. The number of carbonyl (C=O) groups excluding carboxylic acids is 1. The number of halogens is 1. The molecule has 6 nitrogen and oxygen atoms in total. The molecule has 0 radical (unpaired) electrons. The van der Waals surface area contributed by atoms with Crippen molar-refractivity contribution >= 4 is 27.5 Å². The van der Waals surface area contributed by atoms with Crippen molar-refractivity contribution < 1.29 is 18.3 Å². The van der Waals surface area contributed by atoms with Gasteiger partial charge in [-0.15, -0.1) is 0 Å². The van der Waals surface area contributed by atoms with Crippen molar-refractivity contribution in [3.63, 3.8) is 0 Å². The molecule has 2 rings (SSSR count). The lowest BCUT2D eigenvalue weighted by molar-refractivity contribution is 0.0765. The van der Waals surface area contributed by atoms with Gasteiger partial charge in [-0.3, -0.25) is 4.79 Å². The predicted octanol–water partition coefficient (Wildman–Crippen LogP) is 0.0745. The SMILES string of the molecule is CS(=O)(=O)N[C@@H]1CN(C(=O)c2cccc(Cl)c2)C[C@H]1O. The summed E-state index contributed by atoms with van der Waals surface area (Å²) in [4.78, 5) is 13.6. The third-order valence-corrected chi connectivity index (χ3v) is 3.98. The molecule has 0 saturated carbocycles. The van der Waals surface area contributed by atoms with E-state index in [1.54, 1.807) is 18.2 Å². The Morgan fingerprint density at radius 3 is 2.75 bits per heavy atom. The molecular formula is C12H15ClN2O4S. The van der Waals surface area contributed by atoms with Crippen LogP contribution in [-0.4, -0.2) is 55.8 Å². The van der Waals surface area contributed by atoms with Gasteiger partial charge in [0, 0.05) is 23.7 Å². The lowest BCUT2D eigenvalue weighted by Crippen LogP contribution is -2.42. The Balaban J connectivity index is 2.10. The Hall–Kier alpha value is -1.15. The number of hydrogen-bond acceptors (Lipinski definition) is 4. The fourth-order valence-electron chi connectivity index (χ4n) is 2.15. The van der Waals surface area contributed by atoms with Crippen LogP contribution in [0.15, 0.2) is 24.3 Å². The first-order chi connectivity index (χ1) is 9.26. The minimum atomic E-state index is -3.43. The summed E-state index contributed by atoms with van der Waals surface area (Å²) in [5.74, 6) is -0.288. The van der Waals surface area contributed by atoms with Crippen LogP contribution in [0.5, 0.6) is 0 Å². The van der Waals surface area contributed by atoms with Crippen molar-refractivity contribution in [1.29, 1.82) is 0 Å². The van der Waals surface area contributed by atoms with E-state index in [9.17, 15) is 18.3 Å². The van der Waals surface area contributed by atoms with E-state index in [1.807, 2.05) is 0 Å². The van der Waals surface area contributed by atoms with Crippen LogP contribution in [0.1, 0.15) is 10.4 Å². The molecule has 1 aromatic rings. The van der Waals surface area contributed by atoms with Crippen molar-refractivity contribution in [3.05, 3.63) is 34.9 Å². The molecule has 1 aliphatic rings. The molecule has 110 valence electrons. The van der Waals surface area contributed by atoms with Gasteiger partial charge in [0.05, 0.1) is 18.4 Å². The van der Waals surface area contributed by atoms with E-state index in [1.165, 1.54) is 11.0 Å². The van der Waals surface area contributed by atoms with Crippen LogP contribution < -0.4 is 4.72 Å². The summed E-state index contributed by atoms with van der Waals surface area (Å²) in [6.07, 6.45) is 0.0918. The van der Waals surface area contributed by atoms with Gasteiger partial charge >= 0.3 is 0 Å². The first-order valence-electron chi connectivity index (χ1n) is 5.96. The summed E-state index contributed by atoms with van der Waals surface area (Å²) in [5.41, 5.74) is 0.407. The summed E-state index contributed by atoms with van der Waals surface area (Å²) < 4.78 is 24.7. The highest BCUT2D eigenvalue weighted by Gasteiger charge is 2.35. The molecule has 1 fully saturated rings. The Morgan fingerprint density at radius 1 is 1.45 bits per heavy atom. The number of hydrogen-bond donors (Lipinski definition) is 2. The molecule has 8 heteroatoms. The molecule has 1 heterocycles. The number of rotatable bonds is 3. The molecule has 0 aliphatic carbocycles. The zero-order valence-electron chi connectivity index (χ0n) is 10.8. The zero-order chi connectivity index (χ0) is 14.9. The fraction of sp³-hybridized carbons (Fsp3) is 0.417. The summed E-state index contributed by atoms with van der Waals surface area (Å²) in [5, 5.41) is 10.3. The van der Waals surface area contributed by atoms with Gasteiger partial charge in [0.15, 0.2) is 0 Å². The number of likely N-dealkylation sites (tertiary alicyclic amines) is 1. The van der Waals surface area contributed by atoms with Gasteiger partial charge < -0.3 is 10.0 Å². The van der Waals surface area contributed by atoms with Crippen LogP contribution in [0, 0.1) is 0 Å². The van der Waals surface area contributed by atoms with Crippen LogP contribution in [0.2, 0.25) is 5.02 Å². The van der Waals surface area contributed by atoms with Crippen LogP contribution >= 0.6 is 11.6 Å². The molecule has 0 spiro atoms. The third kappa shape index (κ3) is 3.69. The van der Waals surface area contributed by atoms with E-state index >= 15 is 0 Å². The highest BCUT2D eigenvalue weighted by Crippen LogP contribution is 2.17. The second-order valence-electron chi connectivity index (χ2n) is 4.78. The standard InChI is InChI=1S/C12H15ClN2O4S/c1-20(18,19)14-10-6-15(7-11(10)16)12(17)8-3-2-4-9(13)5-8/h2-5,10-11,14,16H,6-7H2,1H3/t10-,11-/m1/s1. The molecule has 1 aliphatic heterocycles. The number of β-amino-alcohol motifs (C(OH)–C–C–N with tert-alkyl or cyclic N) is 1. The molecule has 1 saturated heterocycles. The molecule has 0 aromatic heterocycles. The van der Waals surface area contributed by atoms with Crippen molar-refractivity contribution in [2.45, 2.75) is 12.1 Å². The van der Waals surface area contributed by atoms with Crippen LogP contribution in [0.25, 0.3) is 0 Å². The number of sulfonamides is 1. The molecule has 0 unspecified atom stereocenters. The molecular weight excluding hydrogens is 304 g/mol. The quantitative estimate of drug-likeness (QED) is 0.826. The lowest BCUT2D eigenvalue weighted by Gasteiger charge is -2.16. The predicted molar refractivity (Wildman–Crippen MR) is 75.1 cm³/mol. The van der Waals surface area contributed by atoms with Gasteiger partial charge in [-0.05, 0) is 18.2 Å². The number of nitrogens with zero attached hydrogens (tertiary/aromatic N) is 1. The Labute approximate surface area is 122 Å². The fourth-order valence-corrected chi connectivity index (χ4v) is 3.12. The minimum Gasteiger partial charge on any atom is -0.390 e. The molecule has 20 heavy (non-hydrogen) atoms. The average Bonchev–Trinajstić information content (AvgIpc) is 2.68. The number of carbonyl (C=O) groups is 1. The van der Waals surface area contributed by atoms with E-state index in [4.69, 9.17) is 11.6 Å². The number of aliphatic hydroxyl groups excluding tert-OH is 1. The maximum absolute atomic E-state index is 12.2. The zero-order valence-corrected chi connectivity index (χ0v) is 12.4. The Bertz CT molecular complexity index is 620. The highest BCUT2D eigenvalue weighted by atomic mass is 35.5. The normalized spacial score (nSPS) is 23.1. The summed E-state index contributed by atoms with van der Waals surface area (Å²) in [7, 11) is -3.43. The number of amides is 1. The smallest absolute Gasteiger partial charge is 0.254 e. The van der Waals surface area contributed by atoms with E-state index in [0.717, 1.165) is 6.26 Å². The first kappa shape index (κ1) is 15.2. The van der Waals surface area contributed by atoms with Crippen molar-refractivity contribution in [2.75, 3.05) is 19.3 Å². The van der Waals surface area contributed by atoms with Crippen LogP contribution in [0.3, 0.4) is 0 Å². The largest absolute Gasteiger partial charge is 0.390 e. The average molecular weight is 319 g/mol. The molecule has 2 atom stereocenters. The van der Waals surface area contributed by atoms with Gasteiger partial charge in [-0.2, -0.15) is 0 Å². The molecule has 1 aromatic carbocycles. The van der Waals surface area contributed by atoms with Crippen molar-refractivity contribution in [1.82, 2.24) is 9.62 Å². The molecule has 1 amide bonds. The van der Waals surface area contributed by atoms with Gasteiger partial charge in [0.25, 0.3) is 5.91 Å². The number of benzene rings is 1. The van der Waals surface area contributed by atoms with Crippen molar-refractivity contribution in [3.8, 4) is 0 Å². The second-order valence-corrected chi connectivity index (χ2v) is 7.00.